The molecule has 0 aliphatic carbocycles. The van der Waals surface area contributed by atoms with Crippen molar-refractivity contribution in [1.82, 2.24) is 9.80 Å². The van der Waals surface area contributed by atoms with E-state index in [1.807, 2.05) is 30.9 Å². The van der Waals surface area contributed by atoms with Crippen LogP contribution in [0.5, 0.6) is 0 Å². The largest absolute Gasteiger partial charge is 0.384 e. The number of piperidine rings is 1. The van der Waals surface area contributed by atoms with Gasteiger partial charge < -0.3 is 26.4 Å². The average molecular weight is 481 g/mol. The number of likely N-dealkylation sites (tertiary alicyclic amines) is 2. The first-order valence-electron chi connectivity index (χ1n) is 11.3. The van der Waals surface area contributed by atoms with Crippen molar-refractivity contribution >= 4 is 29.9 Å². The van der Waals surface area contributed by atoms with Crippen LogP contribution in [-0.4, -0.2) is 59.4 Å². The molecule has 3 rings (SSSR count). The molecule has 1 aromatic rings. The van der Waals surface area contributed by atoms with E-state index in [9.17, 15) is 14.7 Å². The van der Waals surface area contributed by atoms with Gasteiger partial charge in [0.15, 0.2) is 0 Å². The van der Waals surface area contributed by atoms with E-state index < -0.39 is 17.0 Å². The maximum Gasteiger partial charge on any atom is 0.314 e. The highest BCUT2D eigenvalue weighted by atomic mass is 35.5. The molecule has 8 nitrogen and oxygen atoms in total. The number of urea groups is 1. The summed E-state index contributed by atoms with van der Waals surface area (Å²) in [6, 6.07) is 6.91. The molecule has 2 saturated heterocycles. The molecule has 33 heavy (non-hydrogen) atoms. The number of halogens is 1. The molecule has 0 radical (unpaired) electrons. The van der Waals surface area contributed by atoms with Crippen LogP contribution in [-0.2, 0) is 15.2 Å². The first-order valence-corrected chi connectivity index (χ1v) is 11.7. The summed E-state index contributed by atoms with van der Waals surface area (Å²) >= 11 is 6.02. The first-order chi connectivity index (χ1) is 15.4. The predicted octanol–water partition coefficient (Wildman–Crippen LogP) is 2.56. The highest BCUT2D eigenvalue weighted by Crippen LogP contribution is 2.47. The van der Waals surface area contributed by atoms with E-state index in [-0.39, 0.29) is 30.1 Å². The number of hydrogen-bond acceptors (Lipinski definition) is 4. The van der Waals surface area contributed by atoms with E-state index in [0.717, 1.165) is 12.0 Å². The number of aliphatic hydroxyl groups is 1. The lowest BCUT2D eigenvalue weighted by Crippen LogP contribution is -2.58. The van der Waals surface area contributed by atoms with E-state index in [4.69, 9.17) is 22.1 Å². The predicted molar refractivity (Wildman–Crippen MR) is 128 cm³/mol. The number of primary amides is 2. The van der Waals surface area contributed by atoms with Crippen LogP contribution in [0.15, 0.2) is 24.3 Å². The average Bonchev–Trinajstić information content (AvgIpc) is 3.21. The SMILES string of the molecule is CC(C)C(C(=O)N1CCC(O)(c2ccc(Cl)cc2)C(C)(C)C1)C1CCN(C(N)=O)C1.NC=O. The summed E-state index contributed by atoms with van der Waals surface area (Å²) in [5.41, 5.74) is 8.89. The van der Waals surface area contributed by atoms with Gasteiger partial charge in [-0.05, 0) is 42.4 Å². The van der Waals surface area contributed by atoms with Crippen LogP contribution in [0.2, 0.25) is 5.02 Å². The van der Waals surface area contributed by atoms with Crippen LogP contribution >= 0.6 is 11.6 Å². The molecule has 3 atom stereocenters. The fourth-order valence-corrected chi connectivity index (χ4v) is 5.42. The number of nitrogens with zero attached hydrogens (tertiary/aromatic N) is 2. The molecule has 1 aromatic carbocycles. The summed E-state index contributed by atoms with van der Waals surface area (Å²) in [5.74, 6) is 0.236. The summed E-state index contributed by atoms with van der Waals surface area (Å²) in [5, 5.41) is 12.2. The van der Waals surface area contributed by atoms with Gasteiger partial charge in [-0.25, -0.2) is 4.79 Å². The van der Waals surface area contributed by atoms with Gasteiger partial charge in [0.1, 0.15) is 0 Å². The minimum absolute atomic E-state index is 0.116. The second-order valence-electron chi connectivity index (χ2n) is 10.00. The van der Waals surface area contributed by atoms with Crippen molar-refractivity contribution in [2.75, 3.05) is 26.2 Å². The monoisotopic (exact) mass is 480 g/mol. The molecule has 0 spiro atoms. The number of benzene rings is 1. The summed E-state index contributed by atoms with van der Waals surface area (Å²) in [6.45, 7) is 10.3. The third-order valence-electron chi connectivity index (χ3n) is 7.13. The van der Waals surface area contributed by atoms with Crippen LogP contribution < -0.4 is 11.5 Å². The van der Waals surface area contributed by atoms with Gasteiger partial charge in [0.2, 0.25) is 12.3 Å². The molecule has 9 heteroatoms. The van der Waals surface area contributed by atoms with Gasteiger partial charge >= 0.3 is 6.03 Å². The molecule has 2 fully saturated rings. The Morgan fingerprint density at radius 2 is 1.76 bits per heavy atom. The number of amides is 4. The van der Waals surface area contributed by atoms with Crippen molar-refractivity contribution in [2.24, 2.45) is 34.6 Å². The summed E-state index contributed by atoms with van der Waals surface area (Å²) in [4.78, 5) is 37.2. The van der Waals surface area contributed by atoms with E-state index in [0.29, 0.717) is 37.6 Å². The lowest BCUT2D eigenvalue weighted by molar-refractivity contribution is -0.159. The number of carbonyl (C=O) groups excluding carboxylic acids is 3. The molecule has 184 valence electrons. The third kappa shape index (κ3) is 5.79. The lowest BCUT2D eigenvalue weighted by Gasteiger charge is -2.51. The number of carbonyl (C=O) groups is 3. The van der Waals surface area contributed by atoms with Gasteiger partial charge in [-0.3, -0.25) is 9.59 Å². The second kappa shape index (κ2) is 10.7. The van der Waals surface area contributed by atoms with E-state index in [1.54, 1.807) is 17.0 Å². The molecule has 5 N–H and O–H groups in total. The zero-order valence-corrected chi connectivity index (χ0v) is 20.7. The van der Waals surface area contributed by atoms with E-state index in [2.05, 4.69) is 19.6 Å². The summed E-state index contributed by atoms with van der Waals surface area (Å²) in [6.07, 6.45) is 1.51. The minimum Gasteiger partial charge on any atom is -0.384 e. The lowest BCUT2D eigenvalue weighted by atomic mass is 9.66. The maximum absolute atomic E-state index is 13.6. The standard InChI is InChI=1S/C23H34ClN3O3.CH3NO/c1-15(2)19(16-9-11-26(13-16)21(25)29)20(28)27-12-10-23(30,22(3,4)14-27)17-5-7-18(24)8-6-17;2-1-3/h5-8,15-16,19,30H,9-14H2,1-4H3,(H2,25,29);1H,(H2,2,3). The minimum atomic E-state index is -1.03. The summed E-state index contributed by atoms with van der Waals surface area (Å²) in [7, 11) is 0. The van der Waals surface area contributed by atoms with Crippen molar-refractivity contribution in [2.45, 2.75) is 46.1 Å². The second-order valence-corrected chi connectivity index (χ2v) is 10.4. The number of hydrogen-bond donors (Lipinski definition) is 3. The van der Waals surface area contributed by atoms with Gasteiger partial charge in [-0.2, -0.15) is 0 Å². The molecule has 3 unspecified atom stereocenters. The number of nitrogens with two attached hydrogens (primary N) is 2. The van der Waals surface area contributed by atoms with Crippen LogP contribution in [0, 0.1) is 23.2 Å². The van der Waals surface area contributed by atoms with Crippen molar-refractivity contribution in [3.05, 3.63) is 34.9 Å². The van der Waals surface area contributed by atoms with E-state index >= 15 is 0 Å². The van der Waals surface area contributed by atoms with Gasteiger partial charge in [-0.15, -0.1) is 0 Å². The Bertz CT molecular complexity index is 845. The topological polar surface area (TPSA) is 130 Å². The van der Waals surface area contributed by atoms with Crippen LogP contribution in [0.3, 0.4) is 0 Å². The van der Waals surface area contributed by atoms with Gasteiger partial charge in [0.25, 0.3) is 0 Å². The van der Waals surface area contributed by atoms with Crippen molar-refractivity contribution < 1.29 is 19.5 Å². The van der Waals surface area contributed by atoms with Gasteiger partial charge in [0, 0.05) is 42.5 Å². The molecule has 0 saturated carbocycles. The Morgan fingerprint density at radius 1 is 1.18 bits per heavy atom. The number of rotatable bonds is 4. The smallest absolute Gasteiger partial charge is 0.314 e. The molecular weight excluding hydrogens is 444 g/mol. The molecule has 0 aromatic heterocycles. The highest BCUT2D eigenvalue weighted by Gasteiger charge is 2.51. The fourth-order valence-electron chi connectivity index (χ4n) is 5.29. The van der Waals surface area contributed by atoms with Gasteiger partial charge in [0.05, 0.1) is 5.60 Å². The van der Waals surface area contributed by atoms with Crippen molar-refractivity contribution in [3.63, 3.8) is 0 Å². The Morgan fingerprint density at radius 3 is 2.21 bits per heavy atom. The molecule has 0 bridgehead atoms. The Balaban J connectivity index is 0.00000122. The summed E-state index contributed by atoms with van der Waals surface area (Å²) < 4.78 is 0. The molecular formula is C24H37ClN4O4. The normalized spacial score (nSPS) is 25.2. The maximum atomic E-state index is 13.6. The molecule has 4 amide bonds. The molecule has 2 aliphatic heterocycles. The Hall–Kier alpha value is -2.32. The van der Waals surface area contributed by atoms with E-state index in [1.165, 1.54) is 0 Å². The zero-order valence-electron chi connectivity index (χ0n) is 20.0. The van der Waals surface area contributed by atoms with Crippen LogP contribution in [0.25, 0.3) is 0 Å². The fraction of sp³-hybridized carbons (Fsp3) is 0.625. The van der Waals surface area contributed by atoms with Crippen molar-refractivity contribution in [3.8, 4) is 0 Å². The van der Waals surface area contributed by atoms with Crippen LogP contribution in [0.1, 0.15) is 46.1 Å². The first kappa shape index (κ1) is 26.9. The third-order valence-corrected chi connectivity index (χ3v) is 7.38. The molecule has 2 aliphatic rings. The quantitative estimate of drug-likeness (QED) is 0.571. The van der Waals surface area contributed by atoms with Crippen molar-refractivity contribution in [1.29, 1.82) is 0 Å². The van der Waals surface area contributed by atoms with Crippen LogP contribution in [0.4, 0.5) is 4.79 Å². The Kier molecular flexibility index (Phi) is 8.76. The highest BCUT2D eigenvalue weighted by molar-refractivity contribution is 6.30. The Labute approximate surface area is 201 Å². The van der Waals surface area contributed by atoms with Gasteiger partial charge in [-0.1, -0.05) is 51.4 Å². The zero-order chi connectivity index (χ0) is 25.0. The molecule has 2 heterocycles.